The Balaban J connectivity index is 2.25. The summed E-state index contributed by atoms with van der Waals surface area (Å²) in [5, 5.41) is 0.624. The molecule has 0 radical (unpaired) electrons. The Morgan fingerprint density at radius 1 is 1.06 bits per heavy atom. The molecule has 0 N–H and O–H groups in total. The number of halogens is 4. The molecule has 0 spiro atoms. The van der Waals surface area contributed by atoms with Crippen LogP contribution in [0.1, 0.15) is 16.0 Å². The van der Waals surface area contributed by atoms with Crippen molar-refractivity contribution in [3.8, 4) is 0 Å². The van der Waals surface area contributed by atoms with E-state index in [-0.39, 0.29) is 4.83 Å². The third-order valence-corrected chi connectivity index (χ3v) is 3.86. The van der Waals surface area contributed by atoms with Crippen molar-refractivity contribution in [2.75, 3.05) is 0 Å². The maximum Gasteiger partial charge on any atom is 0.163 e. The van der Waals surface area contributed by atoms with Gasteiger partial charge < -0.3 is 0 Å². The van der Waals surface area contributed by atoms with Gasteiger partial charge in [0.05, 0.1) is 0 Å². The Hall–Kier alpha value is -0.930. The summed E-state index contributed by atoms with van der Waals surface area (Å²) in [7, 11) is 0. The Bertz CT molecular complexity index is 557. The largest absolute Gasteiger partial charge is 0.204 e. The molecule has 2 rings (SSSR count). The molecule has 0 saturated carbocycles. The summed E-state index contributed by atoms with van der Waals surface area (Å²) in [4.78, 5) is -0.312. The highest BCUT2D eigenvalue weighted by Crippen LogP contribution is 2.31. The van der Waals surface area contributed by atoms with E-state index in [4.69, 9.17) is 11.6 Å². The van der Waals surface area contributed by atoms with Crippen LogP contribution in [-0.2, 0) is 6.42 Å². The minimum Gasteiger partial charge on any atom is -0.204 e. The van der Waals surface area contributed by atoms with Crippen molar-refractivity contribution in [1.82, 2.24) is 0 Å². The fraction of sp³-hybridized carbons (Fsp3) is 0.143. The lowest BCUT2D eigenvalue weighted by Gasteiger charge is -2.12. The second kappa shape index (κ2) is 5.81. The maximum absolute atomic E-state index is 13.6. The fourth-order valence-electron chi connectivity index (χ4n) is 1.73. The molecule has 0 heterocycles. The summed E-state index contributed by atoms with van der Waals surface area (Å²) in [6.07, 6.45) is 0.500. The van der Waals surface area contributed by atoms with Gasteiger partial charge in [0, 0.05) is 15.4 Å². The molecular formula is C14H10BrClF2. The third kappa shape index (κ3) is 2.90. The van der Waals surface area contributed by atoms with Crippen LogP contribution in [0.2, 0.25) is 5.02 Å². The molecule has 0 aromatic heterocycles. The predicted octanol–water partition coefficient (Wildman–Crippen LogP) is 5.30. The van der Waals surface area contributed by atoms with Crippen molar-refractivity contribution in [3.05, 3.63) is 70.2 Å². The van der Waals surface area contributed by atoms with Gasteiger partial charge >= 0.3 is 0 Å². The lowest BCUT2D eigenvalue weighted by molar-refractivity contribution is 0.498. The van der Waals surface area contributed by atoms with Gasteiger partial charge in [0.1, 0.15) is 0 Å². The van der Waals surface area contributed by atoms with Gasteiger partial charge in [-0.2, -0.15) is 0 Å². The zero-order valence-electron chi connectivity index (χ0n) is 9.34. The van der Waals surface area contributed by atoms with E-state index in [9.17, 15) is 8.78 Å². The Morgan fingerprint density at radius 2 is 1.78 bits per heavy atom. The average molecular weight is 332 g/mol. The van der Waals surface area contributed by atoms with Crippen LogP contribution < -0.4 is 0 Å². The molecule has 1 unspecified atom stereocenters. The number of benzene rings is 2. The number of rotatable bonds is 3. The second-order valence-corrected chi connectivity index (χ2v) is 5.42. The van der Waals surface area contributed by atoms with Crippen molar-refractivity contribution in [2.45, 2.75) is 11.2 Å². The summed E-state index contributed by atoms with van der Waals surface area (Å²) in [5.41, 5.74) is 1.19. The van der Waals surface area contributed by atoms with Crippen LogP contribution in [0, 0.1) is 11.6 Å². The minimum atomic E-state index is -0.837. The molecule has 0 bridgehead atoms. The molecule has 2 aromatic carbocycles. The van der Waals surface area contributed by atoms with E-state index >= 15 is 0 Å². The van der Waals surface area contributed by atoms with Crippen LogP contribution in [0.4, 0.5) is 8.78 Å². The summed E-state index contributed by atoms with van der Waals surface area (Å²) >= 11 is 9.41. The molecule has 0 fully saturated rings. The van der Waals surface area contributed by atoms with Gasteiger partial charge in [-0.25, -0.2) is 8.78 Å². The minimum absolute atomic E-state index is 0.301. The van der Waals surface area contributed by atoms with Gasteiger partial charge in [-0.1, -0.05) is 57.9 Å². The number of hydrogen-bond donors (Lipinski definition) is 0. The van der Waals surface area contributed by atoms with E-state index in [1.165, 1.54) is 6.07 Å². The van der Waals surface area contributed by atoms with E-state index in [0.717, 1.165) is 11.6 Å². The molecule has 2 aromatic rings. The van der Waals surface area contributed by atoms with Gasteiger partial charge in [0.25, 0.3) is 0 Å². The van der Waals surface area contributed by atoms with Crippen LogP contribution in [0.3, 0.4) is 0 Å². The second-order valence-electron chi connectivity index (χ2n) is 3.91. The predicted molar refractivity (Wildman–Crippen MR) is 73.2 cm³/mol. The molecule has 0 amide bonds. The van der Waals surface area contributed by atoms with Crippen molar-refractivity contribution in [2.24, 2.45) is 0 Å². The lowest BCUT2D eigenvalue weighted by atomic mass is 10.0. The highest BCUT2D eigenvalue weighted by molar-refractivity contribution is 9.09. The highest BCUT2D eigenvalue weighted by Gasteiger charge is 2.16. The van der Waals surface area contributed by atoms with Gasteiger partial charge in [0.2, 0.25) is 0 Å². The summed E-state index contributed by atoms with van der Waals surface area (Å²) in [5.74, 6) is -1.65. The molecule has 18 heavy (non-hydrogen) atoms. The summed E-state index contributed by atoms with van der Waals surface area (Å²) in [6, 6.07) is 11.5. The lowest BCUT2D eigenvalue weighted by Crippen LogP contribution is -2.01. The van der Waals surface area contributed by atoms with E-state index in [1.54, 1.807) is 12.1 Å². The first kappa shape index (κ1) is 13.5. The van der Waals surface area contributed by atoms with Gasteiger partial charge in [0.15, 0.2) is 11.6 Å². The first-order valence-corrected chi connectivity index (χ1v) is 6.70. The van der Waals surface area contributed by atoms with Gasteiger partial charge in [-0.05, 0) is 24.1 Å². The third-order valence-electron chi connectivity index (χ3n) is 2.68. The standard InChI is InChI=1S/C14H10BrClF2/c15-11(8-9-4-1-2-6-12(9)16)10-5-3-7-13(17)14(10)18/h1-7,11H,8H2. The van der Waals surface area contributed by atoms with Crippen molar-refractivity contribution < 1.29 is 8.78 Å². The molecule has 0 nitrogen and oxygen atoms in total. The van der Waals surface area contributed by atoms with Crippen LogP contribution in [0.5, 0.6) is 0 Å². The normalized spacial score (nSPS) is 12.4. The quantitative estimate of drug-likeness (QED) is 0.670. The van der Waals surface area contributed by atoms with E-state index < -0.39 is 11.6 Å². The number of alkyl halides is 1. The Kier molecular flexibility index (Phi) is 4.36. The zero-order chi connectivity index (χ0) is 13.1. The van der Waals surface area contributed by atoms with Crippen LogP contribution in [0.15, 0.2) is 42.5 Å². The van der Waals surface area contributed by atoms with E-state index in [2.05, 4.69) is 15.9 Å². The first-order chi connectivity index (χ1) is 8.59. The molecule has 4 heteroatoms. The molecule has 0 aliphatic carbocycles. The monoisotopic (exact) mass is 330 g/mol. The topological polar surface area (TPSA) is 0 Å². The van der Waals surface area contributed by atoms with Crippen molar-refractivity contribution in [1.29, 1.82) is 0 Å². The highest BCUT2D eigenvalue weighted by atomic mass is 79.9. The van der Waals surface area contributed by atoms with Crippen molar-refractivity contribution >= 4 is 27.5 Å². The van der Waals surface area contributed by atoms with E-state index in [0.29, 0.717) is 17.0 Å². The molecule has 0 saturated heterocycles. The first-order valence-electron chi connectivity index (χ1n) is 5.41. The molecule has 0 aliphatic rings. The van der Waals surface area contributed by atoms with E-state index in [1.807, 2.05) is 18.2 Å². The van der Waals surface area contributed by atoms with Crippen LogP contribution in [-0.4, -0.2) is 0 Å². The van der Waals surface area contributed by atoms with Crippen LogP contribution in [0.25, 0.3) is 0 Å². The molecule has 1 atom stereocenters. The SMILES string of the molecule is Fc1cccc(C(Br)Cc2ccccc2Cl)c1F. The van der Waals surface area contributed by atoms with Gasteiger partial charge in [-0.15, -0.1) is 0 Å². The number of hydrogen-bond acceptors (Lipinski definition) is 0. The fourth-order valence-corrected chi connectivity index (χ4v) is 2.64. The summed E-state index contributed by atoms with van der Waals surface area (Å²) in [6.45, 7) is 0. The smallest absolute Gasteiger partial charge is 0.163 e. The van der Waals surface area contributed by atoms with Gasteiger partial charge in [-0.3, -0.25) is 0 Å². The van der Waals surface area contributed by atoms with Crippen LogP contribution >= 0.6 is 27.5 Å². The molecule has 94 valence electrons. The zero-order valence-corrected chi connectivity index (χ0v) is 11.7. The summed E-state index contributed by atoms with van der Waals surface area (Å²) < 4.78 is 26.8. The Morgan fingerprint density at radius 3 is 2.50 bits per heavy atom. The maximum atomic E-state index is 13.6. The average Bonchev–Trinajstić information content (AvgIpc) is 2.35. The Labute approximate surface area is 118 Å². The molecular weight excluding hydrogens is 322 g/mol. The van der Waals surface area contributed by atoms with Crippen molar-refractivity contribution in [3.63, 3.8) is 0 Å². The molecule has 0 aliphatic heterocycles.